The van der Waals surface area contributed by atoms with E-state index in [2.05, 4.69) is 23.6 Å². The van der Waals surface area contributed by atoms with Gasteiger partial charge in [-0.1, -0.05) is 65.2 Å². The van der Waals surface area contributed by atoms with E-state index >= 15 is 0 Å². The first-order chi connectivity index (χ1) is 10.9. The molecular formula is C20H42N2. The van der Waals surface area contributed by atoms with Crippen molar-refractivity contribution in [3.05, 3.63) is 0 Å². The summed E-state index contributed by atoms with van der Waals surface area (Å²) in [5, 5.41) is 0. The zero-order valence-corrected chi connectivity index (χ0v) is 15.6. The lowest BCUT2D eigenvalue weighted by molar-refractivity contribution is 0.224. The number of piperidine rings is 1. The van der Waals surface area contributed by atoms with Crippen LogP contribution in [0, 0.1) is 0 Å². The lowest BCUT2D eigenvalue weighted by Crippen LogP contribution is -2.30. The molecule has 1 rings (SSSR count). The summed E-state index contributed by atoms with van der Waals surface area (Å²) in [7, 11) is 0. The highest BCUT2D eigenvalue weighted by molar-refractivity contribution is 4.64. The van der Waals surface area contributed by atoms with Gasteiger partial charge < -0.3 is 9.80 Å². The predicted octanol–water partition coefficient (Wildman–Crippen LogP) is 5.33. The number of nitrogens with zero attached hydrogens (tertiary/aromatic N) is 2. The van der Waals surface area contributed by atoms with Crippen molar-refractivity contribution in [2.24, 2.45) is 0 Å². The number of rotatable bonds is 14. The first-order valence-electron chi connectivity index (χ1n) is 10.3. The van der Waals surface area contributed by atoms with Crippen LogP contribution in [0.5, 0.6) is 0 Å². The topological polar surface area (TPSA) is 6.48 Å². The van der Waals surface area contributed by atoms with Gasteiger partial charge in [0.1, 0.15) is 0 Å². The molecule has 0 aromatic carbocycles. The minimum atomic E-state index is 1.22. The van der Waals surface area contributed by atoms with Gasteiger partial charge in [0.2, 0.25) is 0 Å². The lowest BCUT2D eigenvalue weighted by Gasteiger charge is -2.26. The quantitative estimate of drug-likeness (QED) is 0.400. The van der Waals surface area contributed by atoms with Crippen molar-refractivity contribution in [2.75, 3.05) is 39.3 Å². The van der Waals surface area contributed by atoms with Gasteiger partial charge in [0, 0.05) is 0 Å². The minimum absolute atomic E-state index is 1.22. The maximum absolute atomic E-state index is 2.68. The van der Waals surface area contributed by atoms with Gasteiger partial charge in [0.05, 0.1) is 0 Å². The Morgan fingerprint density at radius 2 is 1.14 bits per heavy atom. The van der Waals surface area contributed by atoms with Crippen LogP contribution >= 0.6 is 0 Å². The first kappa shape index (κ1) is 20.0. The highest BCUT2D eigenvalue weighted by Gasteiger charge is 2.08. The Kier molecular flexibility index (Phi) is 13.2. The highest BCUT2D eigenvalue weighted by Crippen LogP contribution is 2.12. The molecule has 2 heteroatoms. The van der Waals surface area contributed by atoms with Gasteiger partial charge >= 0.3 is 0 Å². The summed E-state index contributed by atoms with van der Waals surface area (Å²) in [4.78, 5) is 5.22. The Hall–Kier alpha value is -0.0800. The second-order valence-electron chi connectivity index (χ2n) is 7.11. The molecule has 0 aliphatic carbocycles. The summed E-state index contributed by atoms with van der Waals surface area (Å²) >= 11 is 0. The van der Waals surface area contributed by atoms with Gasteiger partial charge in [-0.3, -0.25) is 0 Å². The fourth-order valence-corrected chi connectivity index (χ4v) is 3.63. The van der Waals surface area contributed by atoms with Crippen molar-refractivity contribution in [3.8, 4) is 0 Å². The summed E-state index contributed by atoms with van der Waals surface area (Å²) < 4.78 is 0. The van der Waals surface area contributed by atoms with Crippen LogP contribution < -0.4 is 0 Å². The summed E-state index contributed by atoms with van der Waals surface area (Å²) in [6.07, 6.45) is 17.4. The molecule has 22 heavy (non-hydrogen) atoms. The van der Waals surface area contributed by atoms with Crippen LogP contribution in [0.25, 0.3) is 0 Å². The standard InChI is InChI=1S/C20H42N2/c1-3-21(4-2)17-13-10-8-6-5-7-9-11-14-18-22-19-15-12-16-20-22/h3-20H2,1-2H3. The lowest BCUT2D eigenvalue weighted by atomic mass is 10.1. The smallest absolute Gasteiger partial charge is 0.00187 e. The Bertz CT molecular complexity index is 220. The monoisotopic (exact) mass is 310 g/mol. The van der Waals surface area contributed by atoms with Crippen molar-refractivity contribution >= 4 is 0 Å². The molecule has 0 bridgehead atoms. The number of hydrogen-bond acceptors (Lipinski definition) is 2. The predicted molar refractivity (Wildman–Crippen MR) is 99.6 cm³/mol. The molecule has 1 heterocycles. The van der Waals surface area contributed by atoms with E-state index in [0.717, 1.165) is 0 Å². The maximum Gasteiger partial charge on any atom is -0.00187 e. The normalized spacial score (nSPS) is 16.5. The molecule has 0 spiro atoms. The second-order valence-corrected chi connectivity index (χ2v) is 7.11. The van der Waals surface area contributed by atoms with Crippen LogP contribution in [0.3, 0.4) is 0 Å². The number of unbranched alkanes of at least 4 members (excludes halogenated alkanes) is 8. The molecular weight excluding hydrogens is 268 g/mol. The second kappa shape index (κ2) is 14.5. The molecule has 0 aromatic rings. The van der Waals surface area contributed by atoms with E-state index in [0.29, 0.717) is 0 Å². The Morgan fingerprint density at radius 3 is 1.68 bits per heavy atom. The van der Waals surface area contributed by atoms with Crippen molar-refractivity contribution < 1.29 is 0 Å². The Morgan fingerprint density at radius 1 is 0.636 bits per heavy atom. The Labute approximate surface area is 140 Å². The van der Waals surface area contributed by atoms with E-state index in [1.54, 1.807) is 0 Å². The van der Waals surface area contributed by atoms with E-state index in [1.165, 1.54) is 116 Å². The third-order valence-corrected chi connectivity index (χ3v) is 5.29. The van der Waals surface area contributed by atoms with Gasteiger partial charge in [0.15, 0.2) is 0 Å². The summed E-state index contributed by atoms with van der Waals surface area (Å²) in [5.74, 6) is 0. The van der Waals surface area contributed by atoms with Gasteiger partial charge in [-0.15, -0.1) is 0 Å². The van der Waals surface area contributed by atoms with Crippen LogP contribution in [0.1, 0.15) is 90.9 Å². The van der Waals surface area contributed by atoms with E-state index in [-0.39, 0.29) is 0 Å². The molecule has 0 amide bonds. The molecule has 2 nitrogen and oxygen atoms in total. The maximum atomic E-state index is 2.68. The molecule has 0 N–H and O–H groups in total. The number of hydrogen-bond donors (Lipinski definition) is 0. The first-order valence-corrected chi connectivity index (χ1v) is 10.3. The fourth-order valence-electron chi connectivity index (χ4n) is 3.63. The van der Waals surface area contributed by atoms with E-state index in [4.69, 9.17) is 0 Å². The summed E-state index contributed by atoms with van der Waals surface area (Å²) in [5.41, 5.74) is 0. The molecule has 0 saturated carbocycles. The summed E-state index contributed by atoms with van der Waals surface area (Å²) in [6.45, 7) is 12.4. The molecule has 1 aliphatic rings. The van der Waals surface area contributed by atoms with Crippen LogP contribution in [-0.2, 0) is 0 Å². The van der Waals surface area contributed by atoms with E-state index in [1.807, 2.05) is 0 Å². The van der Waals surface area contributed by atoms with Crippen LogP contribution in [0.15, 0.2) is 0 Å². The molecule has 0 radical (unpaired) electrons. The summed E-state index contributed by atoms with van der Waals surface area (Å²) in [6, 6.07) is 0. The van der Waals surface area contributed by atoms with Gasteiger partial charge in [-0.25, -0.2) is 0 Å². The highest BCUT2D eigenvalue weighted by atomic mass is 15.1. The molecule has 1 fully saturated rings. The molecule has 0 unspecified atom stereocenters. The van der Waals surface area contributed by atoms with Crippen molar-refractivity contribution in [1.29, 1.82) is 0 Å². The molecule has 1 aliphatic heterocycles. The molecule has 132 valence electrons. The van der Waals surface area contributed by atoms with Crippen LogP contribution in [0.2, 0.25) is 0 Å². The zero-order chi connectivity index (χ0) is 15.9. The van der Waals surface area contributed by atoms with Crippen LogP contribution in [0.4, 0.5) is 0 Å². The van der Waals surface area contributed by atoms with E-state index in [9.17, 15) is 0 Å². The van der Waals surface area contributed by atoms with Gasteiger partial charge in [0.25, 0.3) is 0 Å². The average Bonchev–Trinajstić information content (AvgIpc) is 2.57. The third kappa shape index (κ3) is 10.6. The van der Waals surface area contributed by atoms with Gasteiger partial charge in [-0.05, 0) is 65.0 Å². The zero-order valence-electron chi connectivity index (χ0n) is 15.6. The van der Waals surface area contributed by atoms with Crippen molar-refractivity contribution in [2.45, 2.75) is 90.9 Å². The molecule has 0 atom stereocenters. The van der Waals surface area contributed by atoms with Gasteiger partial charge in [-0.2, -0.15) is 0 Å². The van der Waals surface area contributed by atoms with Crippen LogP contribution in [-0.4, -0.2) is 49.1 Å². The number of likely N-dealkylation sites (tertiary alicyclic amines) is 1. The SMILES string of the molecule is CCN(CC)CCCCCCCCCCCN1CCCCC1. The Balaban J connectivity index is 1.74. The average molecular weight is 311 g/mol. The van der Waals surface area contributed by atoms with Crippen molar-refractivity contribution in [1.82, 2.24) is 9.80 Å². The largest absolute Gasteiger partial charge is 0.304 e. The molecule has 0 aromatic heterocycles. The minimum Gasteiger partial charge on any atom is -0.304 e. The molecule has 1 saturated heterocycles. The third-order valence-electron chi connectivity index (χ3n) is 5.29. The fraction of sp³-hybridized carbons (Fsp3) is 1.00. The van der Waals surface area contributed by atoms with Crippen molar-refractivity contribution in [3.63, 3.8) is 0 Å². The van der Waals surface area contributed by atoms with E-state index < -0.39 is 0 Å².